The van der Waals surface area contributed by atoms with Crippen molar-refractivity contribution in [2.75, 3.05) is 0 Å². The molecule has 0 aliphatic carbocycles. The van der Waals surface area contributed by atoms with Crippen LogP contribution in [0.25, 0.3) is 0 Å². The number of alkyl halides is 2. The Kier molecular flexibility index (Phi) is 2.57. The lowest BCUT2D eigenvalue weighted by molar-refractivity contribution is 0.0146. The van der Waals surface area contributed by atoms with Gasteiger partial charge in [0.1, 0.15) is 0 Å². The standard InChI is InChI=1S/C4H9F2O3P/c1-3(2)4(5,6)10(7,8)9/h3H,1-2H3,(H2,7,8,9). The Morgan fingerprint density at radius 1 is 1.40 bits per heavy atom. The van der Waals surface area contributed by atoms with Crippen LogP contribution in [0.3, 0.4) is 0 Å². The van der Waals surface area contributed by atoms with Crippen molar-refractivity contribution in [2.24, 2.45) is 5.92 Å². The van der Waals surface area contributed by atoms with Gasteiger partial charge in [-0.1, -0.05) is 13.8 Å². The van der Waals surface area contributed by atoms with Crippen LogP contribution < -0.4 is 0 Å². The molecule has 0 radical (unpaired) electrons. The van der Waals surface area contributed by atoms with E-state index in [2.05, 4.69) is 0 Å². The molecule has 6 heteroatoms. The summed E-state index contributed by atoms with van der Waals surface area (Å²) in [6, 6.07) is 0. The molecule has 2 N–H and O–H groups in total. The van der Waals surface area contributed by atoms with E-state index in [0.717, 1.165) is 13.8 Å². The zero-order chi connectivity index (χ0) is 8.58. The fourth-order valence-corrected chi connectivity index (χ4v) is 1.01. The summed E-state index contributed by atoms with van der Waals surface area (Å²) in [5.41, 5.74) is -3.90. The zero-order valence-corrected chi connectivity index (χ0v) is 6.48. The molecule has 0 spiro atoms. The maximum atomic E-state index is 12.3. The minimum atomic E-state index is -5.26. The number of hydrogen-bond donors (Lipinski definition) is 2. The highest BCUT2D eigenvalue weighted by atomic mass is 31.2. The molecule has 0 aliphatic heterocycles. The Morgan fingerprint density at radius 2 is 1.70 bits per heavy atom. The molecular weight excluding hydrogens is 165 g/mol. The minimum absolute atomic E-state index is 1.05. The summed E-state index contributed by atoms with van der Waals surface area (Å²) in [6.45, 7) is 2.11. The van der Waals surface area contributed by atoms with Gasteiger partial charge in [-0.05, 0) is 0 Å². The number of halogens is 2. The lowest BCUT2D eigenvalue weighted by atomic mass is 10.2. The monoisotopic (exact) mass is 174 g/mol. The topological polar surface area (TPSA) is 57.5 Å². The molecule has 0 amide bonds. The summed E-state index contributed by atoms with van der Waals surface area (Å²) in [5, 5.41) is 0. The minimum Gasteiger partial charge on any atom is -0.320 e. The Bertz CT molecular complexity index is 162. The molecule has 0 saturated carbocycles. The first-order valence-corrected chi connectivity index (χ1v) is 4.24. The molecule has 0 aromatic rings. The molecule has 0 rings (SSSR count). The van der Waals surface area contributed by atoms with Gasteiger partial charge in [0.25, 0.3) is 0 Å². The Balaban J connectivity index is 4.58. The molecule has 0 atom stereocenters. The second-order valence-corrected chi connectivity index (χ2v) is 3.97. The Hall–Kier alpha value is 0.01000. The van der Waals surface area contributed by atoms with E-state index in [4.69, 9.17) is 9.79 Å². The smallest absolute Gasteiger partial charge is 0.320 e. The van der Waals surface area contributed by atoms with E-state index in [1.807, 2.05) is 0 Å². The second kappa shape index (κ2) is 2.57. The average Bonchev–Trinajstić information content (AvgIpc) is 1.62. The quantitative estimate of drug-likeness (QED) is 0.622. The van der Waals surface area contributed by atoms with Gasteiger partial charge in [-0.3, -0.25) is 4.57 Å². The van der Waals surface area contributed by atoms with Gasteiger partial charge in [-0.25, -0.2) is 0 Å². The molecule has 0 heterocycles. The first-order chi connectivity index (χ1) is 4.19. The van der Waals surface area contributed by atoms with Crippen molar-refractivity contribution in [2.45, 2.75) is 19.5 Å². The largest absolute Gasteiger partial charge is 0.394 e. The van der Waals surface area contributed by atoms with E-state index in [9.17, 15) is 13.3 Å². The summed E-state index contributed by atoms with van der Waals surface area (Å²) in [6.07, 6.45) is 0. The van der Waals surface area contributed by atoms with Crippen molar-refractivity contribution in [1.82, 2.24) is 0 Å². The normalized spacial score (nSPS) is 14.3. The highest BCUT2D eigenvalue weighted by Gasteiger charge is 2.51. The summed E-state index contributed by atoms with van der Waals surface area (Å²) >= 11 is 0. The van der Waals surface area contributed by atoms with E-state index in [1.54, 1.807) is 0 Å². The Labute approximate surface area is 57.2 Å². The first kappa shape index (κ1) is 10.0. The average molecular weight is 174 g/mol. The van der Waals surface area contributed by atoms with Crippen molar-refractivity contribution >= 4 is 7.60 Å². The van der Waals surface area contributed by atoms with Crippen molar-refractivity contribution in [3.63, 3.8) is 0 Å². The molecule has 10 heavy (non-hydrogen) atoms. The molecule has 0 aromatic carbocycles. The van der Waals surface area contributed by atoms with Crippen molar-refractivity contribution < 1.29 is 23.1 Å². The zero-order valence-electron chi connectivity index (χ0n) is 5.58. The van der Waals surface area contributed by atoms with Crippen LogP contribution in [-0.2, 0) is 4.57 Å². The second-order valence-electron chi connectivity index (χ2n) is 2.29. The van der Waals surface area contributed by atoms with Gasteiger partial charge in [0.05, 0.1) is 0 Å². The summed E-state index contributed by atoms with van der Waals surface area (Å²) in [4.78, 5) is 16.2. The van der Waals surface area contributed by atoms with Crippen LogP contribution in [0, 0.1) is 5.92 Å². The van der Waals surface area contributed by atoms with Gasteiger partial charge >= 0.3 is 13.3 Å². The van der Waals surface area contributed by atoms with Gasteiger partial charge in [-0.2, -0.15) is 8.78 Å². The predicted molar refractivity (Wildman–Crippen MR) is 31.8 cm³/mol. The molecule has 0 aliphatic rings. The van der Waals surface area contributed by atoms with Crippen LogP contribution in [0.4, 0.5) is 8.78 Å². The third kappa shape index (κ3) is 1.75. The highest BCUT2D eigenvalue weighted by molar-refractivity contribution is 7.53. The van der Waals surface area contributed by atoms with Crippen LogP contribution in [0.1, 0.15) is 13.8 Å². The van der Waals surface area contributed by atoms with Crippen LogP contribution >= 0.6 is 7.60 Å². The van der Waals surface area contributed by atoms with Crippen LogP contribution in [0.2, 0.25) is 0 Å². The molecule has 3 nitrogen and oxygen atoms in total. The summed E-state index contributed by atoms with van der Waals surface area (Å²) < 4.78 is 34.6. The lowest BCUT2D eigenvalue weighted by Gasteiger charge is -2.20. The van der Waals surface area contributed by atoms with Gasteiger partial charge in [0.2, 0.25) is 0 Å². The van der Waals surface area contributed by atoms with Crippen LogP contribution in [0.5, 0.6) is 0 Å². The Morgan fingerprint density at radius 3 is 1.70 bits per heavy atom. The molecular formula is C4H9F2O3P. The fourth-order valence-electron chi connectivity index (χ4n) is 0.336. The van der Waals surface area contributed by atoms with E-state index < -0.39 is 19.2 Å². The number of hydrogen-bond acceptors (Lipinski definition) is 1. The molecule has 62 valence electrons. The van der Waals surface area contributed by atoms with E-state index in [-0.39, 0.29) is 0 Å². The van der Waals surface area contributed by atoms with Gasteiger partial charge in [0, 0.05) is 5.92 Å². The number of rotatable bonds is 2. The highest BCUT2D eigenvalue weighted by Crippen LogP contribution is 2.56. The van der Waals surface area contributed by atoms with Crippen molar-refractivity contribution in [3.05, 3.63) is 0 Å². The third-order valence-electron chi connectivity index (χ3n) is 1.08. The summed E-state index contributed by atoms with van der Waals surface area (Å²) in [7, 11) is -5.26. The molecule has 0 aromatic heterocycles. The van der Waals surface area contributed by atoms with Crippen LogP contribution in [0.15, 0.2) is 0 Å². The van der Waals surface area contributed by atoms with Gasteiger partial charge in [0.15, 0.2) is 0 Å². The predicted octanol–water partition coefficient (Wildman–Crippen LogP) is 1.41. The third-order valence-corrected chi connectivity index (χ3v) is 2.38. The van der Waals surface area contributed by atoms with Gasteiger partial charge in [-0.15, -0.1) is 0 Å². The maximum Gasteiger partial charge on any atom is 0.394 e. The fraction of sp³-hybridized carbons (Fsp3) is 1.00. The molecule has 0 saturated heterocycles. The van der Waals surface area contributed by atoms with E-state index in [0.29, 0.717) is 0 Å². The SMILES string of the molecule is CC(C)C(F)(F)P(=O)(O)O. The molecule has 0 fully saturated rings. The van der Waals surface area contributed by atoms with Crippen molar-refractivity contribution in [1.29, 1.82) is 0 Å². The molecule has 0 bridgehead atoms. The maximum absolute atomic E-state index is 12.3. The summed E-state index contributed by atoms with van der Waals surface area (Å²) in [5.74, 6) is -1.34. The van der Waals surface area contributed by atoms with Crippen molar-refractivity contribution in [3.8, 4) is 0 Å². The van der Waals surface area contributed by atoms with E-state index in [1.165, 1.54) is 0 Å². The van der Waals surface area contributed by atoms with Crippen LogP contribution in [-0.4, -0.2) is 15.5 Å². The lowest BCUT2D eigenvalue weighted by Crippen LogP contribution is -2.23. The van der Waals surface area contributed by atoms with Gasteiger partial charge < -0.3 is 9.79 Å². The van der Waals surface area contributed by atoms with E-state index >= 15 is 0 Å². The first-order valence-electron chi connectivity index (χ1n) is 2.63. The molecule has 0 unspecified atom stereocenters.